The molecule has 1 aromatic heterocycles. The van der Waals surface area contributed by atoms with Crippen molar-refractivity contribution in [3.8, 4) is 5.69 Å². The first-order valence-corrected chi connectivity index (χ1v) is 8.07. The normalized spacial score (nSPS) is 10.7. The fourth-order valence-electron chi connectivity index (χ4n) is 2.48. The molecule has 0 saturated heterocycles. The van der Waals surface area contributed by atoms with E-state index in [2.05, 4.69) is 10.3 Å². The number of anilines is 1. The first-order valence-electron chi connectivity index (χ1n) is 7.69. The van der Waals surface area contributed by atoms with Gasteiger partial charge in [-0.25, -0.2) is 4.79 Å². The van der Waals surface area contributed by atoms with Crippen LogP contribution in [0.2, 0.25) is 5.02 Å². The summed E-state index contributed by atoms with van der Waals surface area (Å²) in [5, 5.41) is 4.17. The largest absolute Gasteiger partial charge is 0.360 e. The van der Waals surface area contributed by atoms with Crippen molar-refractivity contribution >= 4 is 34.2 Å². The smallest absolute Gasteiger partial charge is 0.354 e. The van der Waals surface area contributed by atoms with Crippen molar-refractivity contribution in [1.29, 1.82) is 0 Å². The van der Waals surface area contributed by atoms with Gasteiger partial charge in [-0.15, -0.1) is 0 Å². The fraction of sp³-hybridized carbons (Fsp3) is 0.167. The summed E-state index contributed by atoms with van der Waals surface area (Å²) in [6, 6.07) is 14.4. The van der Waals surface area contributed by atoms with Crippen molar-refractivity contribution in [1.82, 2.24) is 14.5 Å². The van der Waals surface area contributed by atoms with Gasteiger partial charge in [0, 0.05) is 24.5 Å². The molecule has 0 radical (unpaired) electrons. The highest BCUT2D eigenvalue weighted by Gasteiger charge is 2.13. The molecule has 0 aliphatic rings. The highest BCUT2D eigenvalue weighted by molar-refractivity contribution is 6.31. The molecule has 0 saturated carbocycles. The number of fused-ring (bicyclic) bond motifs is 1. The van der Waals surface area contributed by atoms with Crippen LogP contribution in [0.15, 0.2) is 53.3 Å². The van der Waals surface area contributed by atoms with Crippen molar-refractivity contribution in [2.45, 2.75) is 0 Å². The van der Waals surface area contributed by atoms with Crippen LogP contribution in [0.5, 0.6) is 0 Å². The van der Waals surface area contributed by atoms with Gasteiger partial charge in [0.1, 0.15) is 5.82 Å². The Hall–Kier alpha value is -2.86. The Bertz CT molecular complexity index is 984. The van der Waals surface area contributed by atoms with E-state index < -0.39 is 5.69 Å². The van der Waals surface area contributed by atoms with E-state index in [4.69, 9.17) is 11.6 Å². The van der Waals surface area contributed by atoms with Crippen LogP contribution in [-0.2, 0) is 4.79 Å². The van der Waals surface area contributed by atoms with Gasteiger partial charge >= 0.3 is 5.69 Å². The number of amides is 1. The van der Waals surface area contributed by atoms with E-state index >= 15 is 0 Å². The van der Waals surface area contributed by atoms with Crippen LogP contribution < -0.4 is 11.0 Å². The van der Waals surface area contributed by atoms with E-state index in [1.165, 1.54) is 9.47 Å². The van der Waals surface area contributed by atoms with E-state index in [0.717, 1.165) is 0 Å². The highest BCUT2D eigenvalue weighted by atomic mass is 35.5. The van der Waals surface area contributed by atoms with Gasteiger partial charge in [-0.1, -0.05) is 29.8 Å². The maximum atomic E-state index is 12.6. The summed E-state index contributed by atoms with van der Waals surface area (Å²) in [7, 11) is 3.34. The van der Waals surface area contributed by atoms with Crippen molar-refractivity contribution in [2.75, 3.05) is 26.0 Å². The molecule has 0 fully saturated rings. The number of para-hydroxylation sites is 1. The molecule has 25 heavy (non-hydrogen) atoms. The lowest BCUT2D eigenvalue weighted by Gasteiger charge is -2.15. The SMILES string of the molecule is CN(C)C(=O)CNc1nc(=O)n(-c2ccccc2)c2cc(Cl)ccc12. The lowest BCUT2D eigenvalue weighted by molar-refractivity contribution is -0.126. The van der Waals surface area contributed by atoms with Crippen molar-refractivity contribution in [2.24, 2.45) is 0 Å². The van der Waals surface area contributed by atoms with Gasteiger partial charge in [-0.2, -0.15) is 4.98 Å². The van der Waals surface area contributed by atoms with Crippen molar-refractivity contribution < 1.29 is 4.79 Å². The molecule has 0 aliphatic heterocycles. The Balaban J connectivity index is 2.16. The summed E-state index contributed by atoms with van der Waals surface area (Å²) in [5.41, 5.74) is 0.877. The van der Waals surface area contributed by atoms with Gasteiger partial charge in [-0.05, 0) is 30.3 Å². The first kappa shape index (κ1) is 17.0. The van der Waals surface area contributed by atoms with Gasteiger partial charge in [0.2, 0.25) is 5.91 Å². The first-order chi connectivity index (χ1) is 12.0. The summed E-state index contributed by atoms with van der Waals surface area (Å²) < 4.78 is 1.50. The molecule has 0 atom stereocenters. The Morgan fingerprint density at radius 3 is 2.60 bits per heavy atom. The molecule has 1 heterocycles. The number of hydrogen-bond donors (Lipinski definition) is 1. The third kappa shape index (κ3) is 3.49. The summed E-state index contributed by atoms with van der Waals surface area (Å²) in [6.45, 7) is 0.0481. The van der Waals surface area contributed by atoms with Crippen molar-refractivity contribution in [3.05, 3.63) is 64.0 Å². The van der Waals surface area contributed by atoms with Crippen LogP contribution in [0.25, 0.3) is 16.6 Å². The number of halogens is 1. The van der Waals surface area contributed by atoms with Crippen LogP contribution in [-0.4, -0.2) is 41.0 Å². The van der Waals surface area contributed by atoms with Crippen LogP contribution in [0, 0.1) is 0 Å². The molecule has 0 aliphatic carbocycles. The summed E-state index contributed by atoms with van der Waals surface area (Å²) >= 11 is 6.13. The van der Waals surface area contributed by atoms with E-state index in [0.29, 0.717) is 27.4 Å². The van der Waals surface area contributed by atoms with E-state index in [9.17, 15) is 9.59 Å². The molecular weight excluding hydrogens is 340 g/mol. The lowest BCUT2D eigenvalue weighted by Crippen LogP contribution is -2.30. The predicted octanol–water partition coefficient (Wildman–Crippen LogP) is 2.54. The van der Waals surface area contributed by atoms with Crippen LogP contribution in [0.4, 0.5) is 5.82 Å². The fourth-order valence-corrected chi connectivity index (χ4v) is 2.64. The maximum absolute atomic E-state index is 12.6. The number of carbonyl (C=O) groups excluding carboxylic acids is 1. The molecule has 1 N–H and O–H groups in total. The second-order valence-corrected chi connectivity index (χ2v) is 6.15. The number of carbonyl (C=O) groups is 1. The van der Waals surface area contributed by atoms with E-state index in [-0.39, 0.29) is 12.5 Å². The molecule has 0 unspecified atom stereocenters. The lowest BCUT2D eigenvalue weighted by atomic mass is 10.2. The van der Waals surface area contributed by atoms with Crippen molar-refractivity contribution in [3.63, 3.8) is 0 Å². The van der Waals surface area contributed by atoms with Crippen LogP contribution >= 0.6 is 11.6 Å². The quantitative estimate of drug-likeness (QED) is 0.780. The zero-order valence-electron chi connectivity index (χ0n) is 13.9. The molecule has 7 heteroatoms. The molecule has 3 aromatic rings. The number of nitrogens with one attached hydrogen (secondary N) is 1. The van der Waals surface area contributed by atoms with Gasteiger partial charge < -0.3 is 10.2 Å². The summed E-state index contributed by atoms with van der Waals surface area (Å²) in [5.74, 6) is 0.246. The molecule has 128 valence electrons. The molecule has 1 amide bonds. The number of rotatable bonds is 4. The number of benzene rings is 2. The third-order valence-electron chi connectivity index (χ3n) is 3.77. The minimum Gasteiger partial charge on any atom is -0.360 e. The van der Waals surface area contributed by atoms with Gasteiger partial charge in [0.15, 0.2) is 0 Å². The molecular formula is C18H17ClN4O2. The van der Waals surface area contributed by atoms with Gasteiger partial charge in [-0.3, -0.25) is 9.36 Å². The minimum atomic E-state index is -0.444. The average molecular weight is 357 g/mol. The summed E-state index contributed by atoms with van der Waals surface area (Å²) in [6.07, 6.45) is 0. The van der Waals surface area contributed by atoms with Crippen LogP contribution in [0.1, 0.15) is 0 Å². The van der Waals surface area contributed by atoms with Gasteiger partial charge in [0.25, 0.3) is 0 Å². The zero-order valence-corrected chi connectivity index (χ0v) is 14.6. The van der Waals surface area contributed by atoms with Gasteiger partial charge in [0.05, 0.1) is 17.7 Å². The third-order valence-corrected chi connectivity index (χ3v) is 4.01. The average Bonchev–Trinajstić information content (AvgIpc) is 2.59. The standard InChI is InChI=1S/C18H17ClN4O2/c1-22(2)16(24)11-20-17-14-9-8-12(19)10-15(14)23(18(25)21-17)13-6-4-3-5-7-13/h3-10H,11H2,1-2H3,(H,20,21,25). The molecule has 3 rings (SSSR count). The predicted molar refractivity (Wildman–Crippen MR) is 99.5 cm³/mol. The highest BCUT2D eigenvalue weighted by Crippen LogP contribution is 2.25. The molecule has 0 spiro atoms. The molecule has 0 bridgehead atoms. The number of nitrogens with zero attached hydrogens (tertiary/aromatic N) is 3. The van der Waals surface area contributed by atoms with E-state index in [1.54, 1.807) is 32.3 Å². The minimum absolute atomic E-state index is 0.0481. The Labute approximate surface area is 149 Å². The Morgan fingerprint density at radius 1 is 1.20 bits per heavy atom. The second kappa shape index (κ2) is 6.94. The van der Waals surface area contributed by atoms with Crippen LogP contribution in [0.3, 0.4) is 0 Å². The maximum Gasteiger partial charge on any atom is 0.354 e. The Morgan fingerprint density at radius 2 is 1.92 bits per heavy atom. The topological polar surface area (TPSA) is 67.2 Å². The number of aromatic nitrogens is 2. The van der Waals surface area contributed by atoms with E-state index in [1.807, 2.05) is 30.3 Å². The Kier molecular flexibility index (Phi) is 4.72. The number of hydrogen-bond acceptors (Lipinski definition) is 4. The zero-order chi connectivity index (χ0) is 18.0. The second-order valence-electron chi connectivity index (χ2n) is 5.72. The molecule has 2 aromatic carbocycles. The molecule has 6 nitrogen and oxygen atoms in total. The monoisotopic (exact) mass is 356 g/mol. The number of likely N-dealkylation sites (N-methyl/N-ethyl adjacent to an activating group) is 1. The summed E-state index contributed by atoms with van der Waals surface area (Å²) in [4.78, 5) is 30.0.